The van der Waals surface area contributed by atoms with Gasteiger partial charge in [-0.05, 0) is 55.0 Å². The Labute approximate surface area is 201 Å². The standard InChI is InChI=1S/C27H21N5O3/c1-17-13-24(29-16-28-17)30-20-8-10-21(11-9-20)31-25(33)19-7-12-22-23(14-19)27(35)32(26(22)34)15-18-5-3-2-4-6-18/h2-14,16H,15H2,1H3,(H,31,33)(H,28,29,30). The topological polar surface area (TPSA) is 104 Å². The molecule has 35 heavy (non-hydrogen) atoms. The molecule has 1 aliphatic heterocycles. The van der Waals surface area contributed by atoms with E-state index in [1.54, 1.807) is 18.2 Å². The SMILES string of the molecule is Cc1cc(Nc2ccc(NC(=O)c3ccc4c(c3)C(=O)N(Cc3ccccc3)C4=O)cc2)ncn1. The smallest absolute Gasteiger partial charge is 0.261 e. The summed E-state index contributed by atoms with van der Waals surface area (Å²) in [6.07, 6.45) is 1.49. The number of amides is 3. The minimum Gasteiger partial charge on any atom is -0.340 e. The molecule has 1 aliphatic rings. The van der Waals surface area contributed by atoms with E-state index in [9.17, 15) is 14.4 Å². The fourth-order valence-corrected chi connectivity index (χ4v) is 3.85. The Hall–Kier alpha value is -4.85. The van der Waals surface area contributed by atoms with Crippen molar-refractivity contribution in [1.82, 2.24) is 14.9 Å². The summed E-state index contributed by atoms with van der Waals surface area (Å²) >= 11 is 0. The molecular weight excluding hydrogens is 442 g/mol. The number of fused-ring (bicyclic) bond motifs is 1. The monoisotopic (exact) mass is 463 g/mol. The Morgan fingerprint density at radius 1 is 0.829 bits per heavy atom. The van der Waals surface area contributed by atoms with Gasteiger partial charge in [0.25, 0.3) is 17.7 Å². The van der Waals surface area contributed by atoms with Gasteiger partial charge in [0.2, 0.25) is 0 Å². The van der Waals surface area contributed by atoms with E-state index in [-0.39, 0.29) is 23.9 Å². The lowest BCUT2D eigenvalue weighted by Crippen LogP contribution is -2.29. The minimum absolute atomic E-state index is 0.184. The molecule has 4 aromatic rings. The van der Waals surface area contributed by atoms with Crippen molar-refractivity contribution < 1.29 is 14.4 Å². The number of carbonyl (C=O) groups is 3. The number of rotatable bonds is 6. The highest BCUT2D eigenvalue weighted by Crippen LogP contribution is 2.26. The lowest BCUT2D eigenvalue weighted by Gasteiger charge is -2.13. The first-order chi connectivity index (χ1) is 17.0. The van der Waals surface area contributed by atoms with Gasteiger partial charge < -0.3 is 10.6 Å². The number of nitrogens with one attached hydrogen (secondary N) is 2. The Morgan fingerprint density at radius 3 is 2.29 bits per heavy atom. The average Bonchev–Trinajstić information content (AvgIpc) is 3.10. The van der Waals surface area contributed by atoms with Gasteiger partial charge in [-0.1, -0.05) is 30.3 Å². The van der Waals surface area contributed by atoms with Crippen LogP contribution in [0.1, 0.15) is 42.3 Å². The van der Waals surface area contributed by atoms with E-state index in [1.807, 2.05) is 55.5 Å². The number of carbonyl (C=O) groups excluding carboxylic acids is 3. The summed E-state index contributed by atoms with van der Waals surface area (Å²) in [5.41, 5.74) is 3.94. The third-order valence-electron chi connectivity index (χ3n) is 5.64. The molecule has 172 valence electrons. The number of hydrogen-bond donors (Lipinski definition) is 2. The molecule has 0 saturated heterocycles. The highest BCUT2D eigenvalue weighted by Gasteiger charge is 2.36. The maximum absolute atomic E-state index is 12.9. The van der Waals surface area contributed by atoms with E-state index < -0.39 is 5.91 Å². The van der Waals surface area contributed by atoms with Crippen molar-refractivity contribution in [2.75, 3.05) is 10.6 Å². The molecule has 0 unspecified atom stereocenters. The third kappa shape index (κ3) is 4.63. The zero-order chi connectivity index (χ0) is 24.4. The molecule has 0 bridgehead atoms. The molecule has 3 aromatic carbocycles. The summed E-state index contributed by atoms with van der Waals surface area (Å²) in [6, 6.07) is 22.9. The normalized spacial score (nSPS) is 12.4. The molecule has 2 heterocycles. The predicted octanol–water partition coefficient (Wildman–Crippen LogP) is 4.58. The molecule has 8 heteroatoms. The van der Waals surface area contributed by atoms with Crippen molar-refractivity contribution >= 4 is 34.9 Å². The molecule has 0 saturated carbocycles. The van der Waals surface area contributed by atoms with Crippen molar-refractivity contribution in [3.63, 3.8) is 0 Å². The number of aryl methyl sites for hydroxylation is 1. The maximum Gasteiger partial charge on any atom is 0.261 e. The summed E-state index contributed by atoms with van der Waals surface area (Å²) in [5, 5.41) is 6.00. The van der Waals surface area contributed by atoms with Crippen molar-refractivity contribution in [2.24, 2.45) is 0 Å². The highest BCUT2D eigenvalue weighted by atomic mass is 16.2. The van der Waals surface area contributed by atoms with Crippen LogP contribution in [0.25, 0.3) is 0 Å². The molecule has 3 amide bonds. The van der Waals surface area contributed by atoms with Crippen LogP contribution in [0, 0.1) is 6.92 Å². The summed E-state index contributed by atoms with van der Waals surface area (Å²) in [6.45, 7) is 2.07. The number of hydrogen-bond acceptors (Lipinski definition) is 6. The second-order valence-electron chi connectivity index (χ2n) is 8.14. The quantitative estimate of drug-likeness (QED) is 0.406. The molecular formula is C27H21N5O3. The van der Waals surface area contributed by atoms with Crippen LogP contribution in [0.15, 0.2) is 85.2 Å². The minimum atomic E-state index is -0.404. The van der Waals surface area contributed by atoms with Gasteiger partial charge in [-0.25, -0.2) is 9.97 Å². The van der Waals surface area contributed by atoms with Gasteiger partial charge in [-0.15, -0.1) is 0 Å². The molecule has 0 aliphatic carbocycles. The first-order valence-electron chi connectivity index (χ1n) is 11.0. The zero-order valence-electron chi connectivity index (χ0n) is 18.9. The van der Waals surface area contributed by atoms with Crippen LogP contribution in [0.3, 0.4) is 0 Å². The third-order valence-corrected chi connectivity index (χ3v) is 5.64. The fraction of sp³-hybridized carbons (Fsp3) is 0.0741. The van der Waals surface area contributed by atoms with E-state index in [4.69, 9.17) is 0 Å². The van der Waals surface area contributed by atoms with Crippen LogP contribution in [0.2, 0.25) is 0 Å². The van der Waals surface area contributed by atoms with E-state index in [1.165, 1.54) is 23.4 Å². The fourth-order valence-electron chi connectivity index (χ4n) is 3.85. The number of aromatic nitrogens is 2. The molecule has 5 rings (SSSR count). The molecule has 1 aromatic heterocycles. The van der Waals surface area contributed by atoms with Crippen LogP contribution in [-0.4, -0.2) is 32.6 Å². The number of imide groups is 1. The molecule has 0 atom stereocenters. The summed E-state index contributed by atoms with van der Waals surface area (Å²) < 4.78 is 0. The predicted molar refractivity (Wildman–Crippen MR) is 132 cm³/mol. The van der Waals surface area contributed by atoms with E-state index in [2.05, 4.69) is 20.6 Å². The second-order valence-corrected chi connectivity index (χ2v) is 8.14. The van der Waals surface area contributed by atoms with Crippen LogP contribution < -0.4 is 10.6 Å². The summed E-state index contributed by atoms with van der Waals surface area (Å²) in [7, 11) is 0. The van der Waals surface area contributed by atoms with Crippen LogP contribution in [-0.2, 0) is 6.54 Å². The van der Waals surface area contributed by atoms with Gasteiger partial charge in [0.05, 0.1) is 17.7 Å². The van der Waals surface area contributed by atoms with Gasteiger partial charge in [0.15, 0.2) is 0 Å². The van der Waals surface area contributed by atoms with Crippen molar-refractivity contribution in [3.8, 4) is 0 Å². The maximum atomic E-state index is 12.9. The number of anilines is 3. The molecule has 0 fully saturated rings. The Bertz CT molecular complexity index is 1440. The second kappa shape index (κ2) is 9.18. The largest absolute Gasteiger partial charge is 0.340 e. The lowest BCUT2D eigenvalue weighted by molar-refractivity contribution is 0.0642. The molecule has 0 spiro atoms. The molecule has 2 N–H and O–H groups in total. The number of nitrogens with zero attached hydrogens (tertiary/aromatic N) is 3. The average molecular weight is 463 g/mol. The van der Waals surface area contributed by atoms with Crippen molar-refractivity contribution in [1.29, 1.82) is 0 Å². The number of benzene rings is 3. The summed E-state index contributed by atoms with van der Waals surface area (Å²) in [5.74, 6) is -0.462. The van der Waals surface area contributed by atoms with Gasteiger partial charge in [0, 0.05) is 28.7 Å². The van der Waals surface area contributed by atoms with Crippen molar-refractivity contribution in [2.45, 2.75) is 13.5 Å². The van der Waals surface area contributed by atoms with Gasteiger partial charge >= 0.3 is 0 Å². The van der Waals surface area contributed by atoms with Gasteiger partial charge in [0.1, 0.15) is 12.1 Å². The Morgan fingerprint density at radius 2 is 1.54 bits per heavy atom. The first kappa shape index (κ1) is 22.0. The van der Waals surface area contributed by atoms with Crippen LogP contribution in [0.4, 0.5) is 17.2 Å². The highest BCUT2D eigenvalue weighted by molar-refractivity contribution is 6.22. The van der Waals surface area contributed by atoms with Crippen molar-refractivity contribution in [3.05, 3.63) is 113 Å². The molecule has 0 radical (unpaired) electrons. The molecule has 8 nitrogen and oxygen atoms in total. The zero-order valence-corrected chi connectivity index (χ0v) is 18.9. The van der Waals surface area contributed by atoms with Gasteiger partial charge in [-0.2, -0.15) is 0 Å². The first-order valence-corrected chi connectivity index (χ1v) is 11.0. The lowest BCUT2D eigenvalue weighted by atomic mass is 10.1. The van der Waals surface area contributed by atoms with Gasteiger partial charge in [-0.3, -0.25) is 19.3 Å². The van der Waals surface area contributed by atoms with Crippen LogP contribution in [0.5, 0.6) is 0 Å². The summed E-state index contributed by atoms with van der Waals surface area (Å²) in [4.78, 5) is 47.9. The van der Waals surface area contributed by atoms with Crippen LogP contribution >= 0.6 is 0 Å². The van der Waals surface area contributed by atoms with E-state index in [0.717, 1.165) is 16.9 Å². The van der Waals surface area contributed by atoms with E-state index in [0.29, 0.717) is 22.6 Å². The van der Waals surface area contributed by atoms with E-state index >= 15 is 0 Å². The Kier molecular flexibility index (Phi) is 5.76. The Balaban J connectivity index is 1.27.